The third-order valence-corrected chi connectivity index (χ3v) is 3.82. The fourth-order valence-corrected chi connectivity index (χ4v) is 2.36. The van der Waals surface area contributed by atoms with Crippen molar-refractivity contribution in [3.8, 4) is 11.5 Å². The van der Waals surface area contributed by atoms with E-state index in [9.17, 15) is 15.3 Å². The van der Waals surface area contributed by atoms with E-state index in [1.807, 2.05) is 6.07 Å². The number of ether oxygens (including phenoxy) is 2. The summed E-state index contributed by atoms with van der Waals surface area (Å²) in [5.74, 6) is -1.05. The molecule has 0 heterocycles. The van der Waals surface area contributed by atoms with Crippen LogP contribution in [0.5, 0.6) is 11.5 Å². The fraction of sp³-hybridized carbons (Fsp3) is 0.444. The lowest BCUT2D eigenvalue weighted by Gasteiger charge is -2.29. The first kappa shape index (κ1) is 21.0. The molecule has 7 nitrogen and oxygen atoms in total. The van der Waals surface area contributed by atoms with Crippen LogP contribution >= 0.6 is 0 Å². The first-order valence-corrected chi connectivity index (χ1v) is 8.02. The first-order valence-electron chi connectivity index (χ1n) is 8.02. The van der Waals surface area contributed by atoms with E-state index in [0.717, 1.165) is 17.6 Å². The van der Waals surface area contributed by atoms with Crippen molar-refractivity contribution in [2.24, 2.45) is 11.5 Å². The summed E-state index contributed by atoms with van der Waals surface area (Å²) in [7, 11) is 2.89. The van der Waals surface area contributed by atoms with Gasteiger partial charge in [-0.15, -0.1) is 0 Å². The number of phenolic OH excluding ortho intramolecular Hbond substituents is 1. The van der Waals surface area contributed by atoms with E-state index in [0.29, 0.717) is 25.3 Å². The zero-order valence-corrected chi connectivity index (χ0v) is 14.7. The Morgan fingerprint density at radius 1 is 1.08 bits per heavy atom. The van der Waals surface area contributed by atoms with Gasteiger partial charge >= 0.3 is 0 Å². The van der Waals surface area contributed by atoms with Gasteiger partial charge in [-0.05, 0) is 49.7 Å². The summed E-state index contributed by atoms with van der Waals surface area (Å²) in [5, 5.41) is 28.3. The standard InChI is InChI=1S/C9H15NO3.C9H13NO2/c1-13-9(12)6-7(4-5-10)2-3-8(9)11;1-12-9-6-7(4-5-10)2-3-8(9)11/h2-3,11-12H,4-6,10H2,1H3;2-3,6,11H,4-5,10H2,1H3. The van der Waals surface area contributed by atoms with Crippen LogP contribution in [0.15, 0.2) is 41.7 Å². The monoisotopic (exact) mass is 352 g/mol. The van der Waals surface area contributed by atoms with E-state index in [2.05, 4.69) is 0 Å². The number of hydrogen-bond acceptors (Lipinski definition) is 7. The molecule has 1 aliphatic carbocycles. The molecule has 140 valence electrons. The maximum absolute atomic E-state index is 9.72. The SMILES string of the molecule is COC1(O)CC(CCN)=CC=C1O.COc1cc(CCN)ccc1O. The number of rotatable bonds is 6. The van der Waals surface area contributed by atoms with Crippen LogP contribution in [0.1, 0.15) is 18.4 Å². The molecule has 0 fully saturated rings. The second-order valence-electron chi connectivity index (χ2n) is 5.63. The summed E-state index contributed by atoms with van der Waals surface area (Å²) >= 11 is 0. The number of allylic oxidation sites excluding steroid dienone is 2. The van der Waals surface area contributed by atoms with Gasteiger partial charge in [-0.3, -0.25) is 0 Å². The van der Waals surface area contributed by atoms with Crippen molar-refractivity contribution in [2.75, 3.05) is 27.3 Å². The van der Waals surface area contributed by atoms with Gasteiger partial charge in [0.1, 0.15) is 0 Å². The summed E-state index contributed by atoms with van der Waals surface area (Å²) < 4.78 is 9.76. The van der Waals surface area contributed by atoms with Crippen LogP contribution in [0, 0.1) is 0 Å². The molecule has 0 radical (unpaired) electrons. The van der Waals surface area contributed by atoms with Crippen molar-refractivity contribution in [2.45, 2.75) is 25.0 Å². The lowest BCUT2D eigenvalue weighted by atomic mass is 9.95. The number of methoxy groups -OCH3 is 2. The Bertz CT molecular complexity index is 615. The van der Waals surface area contributed by atoms with E-state index in [1.165, 1.54) is 20.3 Å². The summed E-state index contributed by atoms with van der Waals surface area (Å²) in [6, 6.07) is 5.25. The Labute approximate surface area is 148 Å². The average Bonchev–Trinajstić information content (AvgIpc) is 2.61. The lowest BCUT2D eigenvalue weighted by Crippen LogP contribution is -2.35. The van der Waals surface area contributed by atoms with Crippen LogP contribution in [0.3, 0.4) is 0 Å². The average molecular weight is 352 g/mol. The Morgan fingerprint density at radius 3 is 2.32 bits per heavy atom. The Kier molecular flexibility index (Phi) is 8.44. The van der Waals surface area contributed by atoms with Crippen molar-refractivity contribution in [3.05, 3.63) is 47.2 Å². The van der Waals surface area contributed by atoms with Gasteiger partial charge in [0.25, 0.3) is 0 Å². The molecule has 0 saturated heterocycles. The number of benzene rings is 1. The molecule has 0 aromatic heterocycles. The van der Waals surface area contributed by atoms with Gasteiger partial charge in [-0.25, -0.2) is 0 Å². The highest BCUT2D eigenvalue weighted by Crippen LogP contribution is 2.29. The molecule has 1 aliphatic rings. The molecule has 0 aliphatic heterocycles. The minimum atomic E-state index is -1.56. The highest BCUT2D eigenvalue weighted by molar-refractivity contribution is 5.41. The molecule has 7 heteroatoms. The zero-order chi connectivity index (χ0) is 18.9. The minimum absolute atomic E-state index is 0.157. The molecule has 1 aromatic carbocycles. The lowest BCUT2D eigenvalue weighted by molar-refractivity contribution is -0.176. The molecule has 1 aromatic rings. The number of phenols is 1. The van der Waals surface area contributed by atoms with Crippen LogP contribution in [0.25, 0.3) is 0 Å². The first-order chi connectivity index (χ1) is 11.9. The molecule has 0 saturated carbocycles. The van der Waals surface area contributed by atoms with E-state index in [4.69, 9.17) is 20.9 Å². The molecule has 0 bridgehead atoms. The molecular formula is C18H28N2O5. The number of aromatic hydroxyl groups is 1. The molecule has 0 spiro atoms. The Hall–Kier alpha value is -2.06. The predicted molar refractivity (Wildman–Crippen MR) is 96.5 cm³/mol. The van der Waals surface area contributed by atoms with Crippen LogP contribution in [0.2, 0.25) is 0 Å². The highest BCUT2D eigenvalue weighted by atomic mass is 16.6. The van der Waals surface area contributed by atoms with E-state index in [1.54, 1.807) is 18.2 Å². The maximum atomic E-state index is 9.72. The summed E-state index contributed by atoms with van der Waals surface area (Å²) in [6.07, 6.45) is 4.99. The minimum Gasteiger partial charge on any atom is -0.507 e. The highest BCUT2D eigenvalue weighted by Gasteiger charge is 2.34. The van der Waals surface area contributed by atoms with Gasteiger partial charge in [-0.2, -0.15) is 0 Å². The third-order valence-electron chi connectivity index (χ3n) is 3.82. The van der Waals surface area contributed by atoms with Crippen molar-refractivity contribution >= 4 is 0 Å². The number of nitrogens with two attached hydrogens (primary N) is 2. The van der Waals surface area contributed by atoms with Gasteiger partial charge in [-0.1, -0.05) is 17.7 Å². The van der Waals surface area contributed by atoms with Crippen LogP contribution in [-0.4, -0.2) is 48.4 Å². The molecular weight excluding hydrogens is 324 g/mol. The second-order valence-corrected chi connectivity index (χ2v) is 5.63. The quantitative estimate of drug-likeness (QED) is 0.488. The van der Waals surface area contributed by atoms with E-state index in [-0.39, 0.29) is 17.9 Å². The number of aliphatic hydroxyl groups excluding tert-OH is 1. The third kappa shape index (κ3) is 6.06. The van der Waals surface area contributed by atoms with Gasteiger partial charge in [0, 0.05) is 13.5 Å². The van der Waals surface area contributed by atoms with E-state index >= 15 is 0 Å². The topological polar surface area (TPSA) is 131 Å². The number of hydrogen-bond donors (Lipinski definition) is 5. The number of aliphatic hydroxyl groups is 2. The smallest absolute Gasteiger partial charge is 0.228 e. The molecule has 25 heavy (non-hydrogen) atoms. The maximum Gasteiger partial charge on any atom is 0.228 e. The molecule has 7 N–H and O–H groups in total. The van der Waals surface area contributed by atoms with Crippen molar-refractivity contribution < 1.29 is 24.8 Å². The van der Waals surface area contributed by atoms with Crippen molar-refractivity contribution in [3.63, 3.8) is 0 Å². The molecule has 2 rings (SSSR count). The Balaban J connectivity index is 0.000000251. The van der Waals surface area contributed by atoms with Gasteiger partial charge < -0.3 is 36.3 Å². The van der Waals surface area contributed by atoms with Crippen LogP contribution in [-0.2, 0) is 11.2 Å². The van der Waals surface area contributed by atoms with Crippen molar-refractivity contribution in [1.82, 2.24) is 0 Å². The zero-order valence-electron chi connectivity index (χ0n) is 14.7. The summed E-state index contributed by atoms with van der Waals surface area (Å²) in [4.78, 5) is 0. The summed E-state index contributed by atoms with van der Waals surface area (Å²) in [5.41, 5.74) is 12.8. The predicted octanol–water partition coefficient (Wildman–Crippen LogP) is 1.34. The van der Waals surface area contributed by atoms with Gasteiger partial charge in [0.2, 0.25) is 5.79 Å². The van der Waals surface area contributed by atoms with Gasteiger partial charge in [0.15, 0.2) is 17.3 Å². The molecule has 1 unspecified atom stereocenters. The normalized spacial score (nSPS) is 19.4. The van der Waals surface area contributed by atoms with Crippen LogP contribution in [0.4, 0.5) is 0 Å². The van der Waals surface area contributed by atoms with E-state index < -0.39 is 5.79 Å². The van der Waals surface area contributed by atoms with Gasteiger partial charge in [0.05, 0.1) is 7.11 Å². The van der Waals surface area contributed by atoms with Crippen LogP contribution < -0.4 is 16.2 Å². The fourth-order valence-electron chi connectivity index (χ4n) is 2.36. The second kappa shape index (κ2) is 10.0. The largest absolute Gasteiger partial charge is 0.507 e. The Morgan fingerprint density at radius 2 is 1.76 bits per heavy atom. The van der Waals surface area contributed by atoms with Crippen molar-refractivity contribution in [1.29, 1.82) is 0 Å². The molecule has 0 amide bonds. The summed E-state index contributed by atoms with van der Waals surface area (Å²) in [6.45, 7) is 1.13. The molecule has 1 atom stereocenters.